The Bertz CT molecular complexity index is 1190. The van der Waals surface area contributed by atoms with Crippen molar-refractivity contribution in [3.63, 3.8) is 0 Å². The minimum absolute atomic E-state index is 0.115. The second kappa shape index (κ2) is 8.44. The number of carbonyl (C=O) groups excluding carboxylic acids is 2. The number of nitrogens with one attached hydrogen (secondary N) is 1. The number of carbonyl (C=O) groups is 2. The van der Waals surface area contributed by atoms with Crippen molar-refractivity contribution < 1.29 is 27.2 Å². The molecule has 1 atom stereocenters. The van der Waals surface area contributed by atoms with E-state index >= 15 is 0 Å². The van der Waals surface area contributed by atoms with Gasteiger partial charge in [-0.1, -0.05) is 12.2 Å². The first kappa shape index (κ1) is 24.1. The normalized spacial score (nSPS) is 17.6. The average molecular weight is 478 g/mol. The van der Waals surface area contributed by atoms with Gasteiger partial charge in [-0.05, 0) is 50.2 Å². The standard InChI is InChI=1S/C22H18F4N4O2S/c1-21(2)20(32)29(13-5-4-12(10-27)16(8-13)22(24,25)26)18(11-33)30(21)14-6-7-15(17(23)9-14)19(31)28-3/h4-9,11,18H,1-3H3,(H,28,31). The first-order valence-electron chi connectivity index (χ1n) is 9.59. The lowest BCUT2D eigenvalue weighted by Crippen LogP contribution is -2.46. The fourth-order valence-corrected chi connectivity index (χ4v) is 4.06. The molecule has 11 heteroatoms. The minimum Gasteiger partial charge on any atom is -0.355 e. The third-order valence-electron chi connectivity index (χ3n) is 5.40. The molecule has 2 aromatic rings. The van der Waals surface area contributed by atoms with Gasteiger partial charge in [-0.2, -0.15) is 18.4 Å². The van der Waals surface area contributed by atoms with Gasteiger partial charge < -0.3 is 10.2 Å². The SMILES string of the molecule is CNC(=O)c1ccc(N2C(C=S)N(c3ccc(C#N)c(C(F)(F)F)c3)C(=O)C2(C)C)cc1F. The lowest BCUT2D eigenvalue weighted by atomic mass is 10.0. The number of hydrogen-bond donors (Lipinski definition) is 1. The van der Waals surface area contributed by atoms with Crippen LogP contribution in [-0.2, 0) is 11.0 Å². The van der Waals surface area contributed by atoms with Crippen LogP contribution in [0.4, 0.5) is 28.9 Å². The Morgan fingerprint density at radius 3 is 2.36 bits per heavy atom. The van der Waals surface area contributed by atoms with E-state index in [-0.39, 0.29) is 16.9 Å². The number of nitriles is 1. The molecule has 33 heavy (non-hydrogen) atoms. The third kappa shape index (κ3) is 4.02. The van der Waals surface area contributed by atoms with Crippen molar-refractivity contribution in [1.29, 1.82) is 5.26 Å². The lowest BCUT2D eigenvalue weighted by molar-refractivity contribution is -0.137. The van der Waals surface area contributed by atoms with Crippen LogP contribution in [0.2, 0.25) is 0 Å². The van der Waals surface area contributed by atoms with Crippen molar-refractivity contribution in [3.8, 4) is 6.07 Å². The Labute approximate surface area is 192 Å². The van der Waals surface area contributed by atoms with Gasteiger partial charge in [-0.25, -0.2) is 4.39 Å². The van der Waals surface area contributed by atoms with E-state index in [2.05, 4.69) is 5.32 Å². The van der Waals surface area contributed by atoms with Crippen LogP contribution in [0.15, 0.2) is 36.4 Å². The molecule has 0 saturated carbocycles. The van der Waals surface area contributed by atoms with Crippen LogP contribution in [-0.4, -0.2) is 35.9 Å². The van der Waals surface area contributed by atoms with Gasteiger partial charge in [0.2, 0.25) is 0 Å². The topological polar surface area (TPSA) is 76.4 Å². The Hall–Kier alpha value is -3.52. The predicted octanol–water partition coefficient (Wildman–Crippen LogP) is 4.03. The van der Waals surface area contributed by atoms with Gasteiger partial charge in [-0.3, -0.25) is 14.5 Å². The van der Waals surface area contributed by atoms with Gasteiger partial charge in [0.25, 0.3) is 11.8 Å². The summed E-state index contributed by atoms with van der Waals surface area (Å²) in [5.74, 6) is -2.06. The van der Waals surface area contributed by atoms with Crippen molar-refractivity contribution in [1.82, 2.24) is 5.32 Å². The highest BCUT2D eigenvalue weighted by molar-refractivity contribution is 7.79. The highest BCUT2D eigenvalue weighted by Gasteiger charge is 2.52. The number of halogens is 4. The first-order chi connectivity index (χ1) is 15.4. The summed E-state index contributed by atoms with van der Waals surface area (Å²) in [4.78, 5) is 27.7. The molecule has 1 aliphatic rings. The maximum Gasteiger partial charge on any atom is 0.417 e. The maximum absolute atomic E-state index is 14.6. The number of alkyl halides is 3. The summed E-state index contributed by atoms with van der Waals surface area (Å²) in [5.41, 5.74) is -3.21. The van der Waals surface area contributed by atoms with E-state index in [9.17, 15) is 27.2 Å². The third-order valence-corrected chi connectivity index (χ3v) is 5.65. The number of nitrogens with zero attached hydrogens (tertiary/aromatic N) is 3. The smallest absolute Gasteiger partial charge is 0.355 e. The Balaban J connectivity index is 2.14. The number of rotatable bonds is 4. The summed E-state index contributed by atoms with van der Waals surface area (Å²) in [6.07, 6.45) is -5.85. The van der Waals surface area contributed by atoms with E-state index in [1.54, 1.807) is 0 Å². The van der Waals surface area contributed by atoms with Crippen LogP contribution < -0.4 is 15.1 Å². The van der Waals surface area contributed by atoms with Crippen LogP contribution in [0.1, 0.15) is 35.3 Å². The summed E-state index contributed by atoms with van der Waals surface area (Å²) in [6.45, 7) is 3.06. The van der Waals surface area contributed by atoms with Crippen LogP contribution in [0.5, 0.6) is 0 Å². The molecule has 2 amide bonds. The Morgan fingerprint density at radius 1 is 1.21 bits per heavy atom. The quantitative estimate of drug-likeness (QED) is 0.531. The average Bonchev–Trinajstić information content (AvgIpc) is 2.97. The molecular formula is C22H18F4N4O2S. The van der Waals surface area contributed by atoms with Gasteiger partial charge in [0, 0.05) is 23.8 Å². The fraction of sp³-hybridized carbons (Fsp3) is 0.273. The van der Waals surface area contributed by atoms with Crippen molar-refractivity contribution in [2.45, 2.75) is 31.7 Å². The molecule has 0 radical (unpaired) electrons. The molecular weight excluding hydrogens is 460 g/mol. The molecule has 6 nitrogen and oxygen atoms in total. The molecule has 3 rings (SSSR count). The summed E-state index contributed by atoms with van der Waals surface area (Å²) in [6, 6.07) is 8.17. The molecule has 1 heterocycles. The van der Waals surface area contributed by atoms with Gasteiger partial charge >= 0.3 is 6.18 Å². The Kier molecular flexibility index (Phi) is 6.17. The van der Waals surface area contributed by atoms with Crippen LogP contribution >= 0.6 is 12.2 Å². The summed E-state index contributed by atoms with van der Waals surface area (Å²) >= 11 is 5.10. The molecule has 1 fully saturated rings. The van der Waals surface area contributed by atoms with Gasteiger partial charge in [-0.15, -0.1) is 0 Å². The molecule has 0 spiro atoms. The summed E-state index contributed by atoms with van der Waals surface area (Å²) in [5, 5.41) is 12.5. The molecule has 1 aliphatic heterocycles. The second-order valence-electron chi connectivity index (χ2n) is 7.74. The zero-order valence-electron chi connectivity index (χ0n) is 17.7. The highest BCUT2D eigenvalue weighted by atomic mass is 32.1. The number of amides is 2. The molecule has 1 N–H and O–H groups in total. The van der Waals surface area contributed by atoms with Crippen molar-refractivity contribution in [2.75, 3.05) is 16.8 Å². The number of benzene rings is 2. The van der Waals surface area contributed by atoms with E-state index in [0.717, 1.165) is 23.1 Å². The molecule has 0 aliphatic carbocycles. The molecule has 1 saturated heterocycles. The molecule has 172 valence electrons. The highest BCUT2D eigenvalue weighted by Crippen LogP contribution is 2.41. The van der Waals surface area contributed by atoms with Gasteiger partial charge in [0.15, 0.2) is 0 Å². The van der Waals surface area contributed by atoms with Crippen molar-refractivity contribution in [3.05, 3.63) is 58.9 Å². The van der Waals surface area contributed by atoms with E-state index in [1.807, 2.05) is 0 Å². The Morgan fingerprint density at radius 2 is 1.85 bits per heavy atom. The molecule has 0 aromatic heterocycles. The van der Waals surface area contributed by atoms with E-state index in [4.69, 9.17) is 17.5 Å². The predicted molar refractivity (Wildman–Crippen MR) is 117 cm³/mol. The molecule has 0 bridgehead atoms. The summed E-state index contributed by atoms with van der Waals surface area (Å²) in [7, 11) is 1.35. The monoisotopic (exact) mass is 478 g/mol. The van der Waals surface area contributed by atoms with Crippen LogP contribution in [0.25, 0.3) is 0 Å². The van der Waals surface area contributed by atoms with Gasteiger partial charge in [0.05, 0.1) is 22.8 Å². The zero-order chi connectivity index (χ0) is 24.7. The summed E-state index contributed by atoms with van der Waals surface area (Å²) < 4.78 is 55.1. The van der Waals surface area contributed by atoms with Crippen LogP contribution in [0.3, 0.4) is 0 Å². The van der Waals surface area contributed by atoms with Crippen LogP contribution in [0, 0.1) is 17.1 Å². The molecule has 1 unspecified atom stereocenters. The second-order valence-corrected chi connectivity index (χ2v) is 8.01. The minimum atomic E-state index is -4.81. The number of anilines is 2. The lowest BCUT2D eigenvalue weighted by Gasteiger charge is -2.34. The zero-order valence-corrected chi connectivity index (χ0v) is 18.5. The fourth-order valence-electron chi connectivity index (χ4n) is 3.82. The van der Waals surface area contributed by atoms with Crippen molar-refractivity contribution >= 4 is 40.8 Å². The number of thiocarbonyl (C=S) groups is 1. The molecule has 2 aromatic carbocycles. The first-order valence-corrected chi connectivity index (χ1v) is 10.1. The van der Waals surface area contributed by atoms with Crippen molar-refractivity contribution in [2.24, 2.45) is 0 Å². The maximum atomic E-state index is 14.6. The van der Waals surface area contributed by atoms with E-state index in [0.29, 0.717) is 0 Å². The van der Waals surface area contributed by atoms with E-state index in [1.165, 1.54) is 55.4 Å². The largest absolute Gasteiger partial charge is 0.417 e. The van der Waals surface area contributed by atoms with E-state index < -0.39 is 46.6 Å². The van der Waals surface area contributed by atoms with Gasteiger partial charge in [0.1, 0.15) is 17.5 Å². The number of hydrogen-bond acceptors (Lipinski definition) is 5.